The van der Waals surface area contributed by atoms with Crippen LogP contribution in [-0.2, 0) is 0 Å². The minimum Gasteiger partial charge on any atom is -0.311 e. The van der Waals surface area contributed by atoms with Gasteiger partial charge in [0.05, 0.1) is 12.6 Å². The number of rotatable bonds is 2. The highest BCUT2D eigenvalue weighted by molar-refractivity contribution is 7.02. The molecular weight excluding hydrogens is 406 g/mol. The van der Waals surface area contributed by atoms with Gasteiger partial charge in [0.2, 0.25) is 0 Å². The number of benzene rings is 4. The summed E-state index contributed by atoms with van der Waals surface area (Å²) in [5.41, 5.74) is 6.40. The molecule has 0 aliphatic carbocycles. The van der Waals surface area contributed by atoms with Crippen molar-refractivity contribution in [2.75, 3.05) is 4.90 Å². The van der Waals surface area contributed by atoms with Crippen LogP contribution in [0.2, 0.25) is 13.1 Å². The minimum atomic E-state index is -1.79. The Balaban J connectivity index is 1.63. The Morgan fingerprint density at radius 1 is 0.812 bits per heavy atom. The molecule has 152 valence electrons. The molecule has 1 aliphatic heterocycles. The Morgan fingerprint density at radius 3 is 1.97 bits per heavy atom. The lowest BCUT2D eigenvalue weighted by Gasteiger charge is -2.41. The molecule has 0 saturated heterocycles. The summed E-state index contributed by atoms with van der Waals surface area (Å²) in [5.74, 6) is 0. The molecule has 32 heavy (non-hydrogen) atoms. The standard InChI is InChI=1S/C28H21N3Si/c1-30-22-14-17-24(21(18-22)19-29)20-12-15-23(16-13-20)31-25-8-4-6-10-27(25)32(2,3)28-11-7-5-9-26(28)31/h4-18H,2-3H3. The molecule has 0 aromatic heterocycles. The zero-order chi connectivity index (χ0) is 22.3. The van der Waals surface area contributed by atoms with Crippen molar-refractivity contribution in [1.82, 2.24) is 0 Å². The first-order valence-corrected chi connectivity index (χ1v) is 13.6. The molecule has 0 fully saturated rings. The average molecular weight is 428 g/mol. The molecule has 0 unspecified atom stereocenters. The van der Waals surface area contributed by atoms with Gasteiger partial charge in [-0.2, -0.15) is 5.26 Å². The van der Waals surface area contributed by atoms with E-state index < -0.39 is 8.07 Å². The van der Waals surface area contributed by atoms with Gasteiger partial charge in [-0.15, -0.1) is 0 Å². The summed E-state index contributed by atoms with van der Waals surface area (Å²) in [6, 6.07) is 33.3. The molecule has 0 bridgehead atoms. The van der Waals surface area contributed by atoms with E-state index in [0.717, 1.165) is 16.8 Å². The van der Waals surface area contributed by atoms with Gasteiger partial charge in [-0.1, -0.05) is 73.8 Å². The van der Waals surface area contributed by atoms with Crippen molar-refractivity contribution in [1.29, 1.82) is 5.26 Å². The van der Waals surface area contributed by atoms with Gasteiger partial charge in [0.25, 0.3) is 0 Å². The highest BCUT2D eigenvalue weighted by atomic mass is 28.3. The van der Waals surface area contributed by atoms with Gasteiger partial charge in [0.1, 0.15) is 8.07 Å². The SMILES string of the molecule is [C-]#[N+]c1ccc(-c2ccc(N3c4ccccc4[Si](C)(C)c4ccccc43)cc2)c(C#N)c1. The maximum absolute atomic E-state index is 9.57. The van der Waals surface area contributed by atoms with Gasteiger partial charge in [0.15, 0.2) is 5.69 Å². The molecule has 0 atom stereocenters. The predicted molar refractivity (Wildman–Crippen MR) is 134 cm³/mol. The van der Waals surface area contributed by atoms with E-state index in [1.165, 1.54) is 21.7 Å². The van der Waals surface area contributed by atoms with Crippen LogP contribution in [0.3, 0.4) is 0 Å². The maximum Gasteiger partial charge on any atom is 0.188 e. The second-order valence-electron chi connectivity index (χ2n) is 8.50. The van der Waals surface area contributed by atoms with Crippen molar-refractivity contribution >= 4 is 41.2 Å². The zero-order valence-corrected chi connectivity index (χ0v) is 19.0. The largest absolute Gasteiger partial charge is 0.311 e. The van der Waals surface area contributed by atoms with Crippen molar-refractivity contribution in [3.8, 4) is 17.2 Å². The summed E-state index contributed by atoms with van der Waals surface area (Å²) in [6.45, 7) is 12.0. The van der Waals surface area contributed by atoms with E-state index in [0.29, 0.717) is 11.3 Å². The van der Waals surface area contributed by atoms with E-state index in [-0.39, 0.29) is 0 Å². The second kappa shape index (κ2) is 7.53. The molecule has 0 radical (unpaired) electrons. The van der Waals surface area contributed by atoms with E-state index in [1.54, 1.807) is 12.1 Å². The third kappa shape index (κ3) is 3.02. The smallest absolute Gasteiger partial charge is 0.188 e. The molecule has 0 spiro atoms. The van der Waals surface area contributed by atoms with Gasteiger partial charge in [-0.25, -0.2) is 4.85 Å². The molecule has 4 aromatic carbocycles. The van der Waals surface area contributed by atoms with Crippen LogP contribution in [-0.4, -0.2) is 8.07 Å². The van der Waals surface area contributed by atoms with Crippen molar-refractivity contribution in [3.63, 3.8) is 0 Å². The summed E-state index contributed by atoms with van der Waals surface area (Å²) < 4.78 is 0. The Hall–Kier alpha value is -4.12. The van der Waals surface area contributed by atoms with Gasteiger partial charge >= 0.3 is 0 Å². The fourth-order valence-corrected chi connectivity index (χ4v) is 7.67. The Kier molecular flexibility index (Phi) is 4.67. The van der Waals surface area contributed by atoms with Gasteiger partial charge in [-0.05, 0) is 51.8 Å². The van der Waals surface area contributed by atoms with E-state index >= 15 is 0 Å². The monoisotopic (exact) mass is 427 g/mol. The summed E-state index contributed by atoms with van der Waals surface area (Å²) >= 11 is 0. The lowest BCUT2D eigenvalue weighted by molar-refractivity contribution is 1.29. The van der Waals surface area contributed by atoms with Gasteiger partial charge in [0, 0.05) is 22.6 Å². The van der Waals surface area contributed by atoms with Crippen molar-refractivity contribution < 1.29 is 0 Å². The van der Waals surface area contributed by atoms with Gasteiger partial charge in [-0.3, -0.25) is 0 Å². The molecule has 4 aromatic rings. The van der Waals surface area contributed by atoms with Crippen LogP contribution in [0.1, 0.15) is 5.56 Å². The Bertz CT molecular complexity index is 1370. The number of hydrogen-bond acceptors (Lipinski definition) is 2. The Morgan fingerprint density at radius 2 is 1.41 bits per heavy atom. The van der Waals surface area contributed by atoms with Crippen molar-refractivity contribution in [2.45, 2.75) is 13.1 Å². The first-order chi connectivity index (χ1) is 15.5. The van der Waals surface area contributed by atoms with E-state index in [4.69, 9.17) is 6.57 Å². The average Bonchev–Trinajstić information content (AvgIpc) is 2.84. The number of para-hydroxylation sites is 2. The topological polar surface area (TPSA) is 31.4 Å². The molecule has 1 aliphatic rings. The van der Waals surface area contributed by atoms with Gasteiger partial charge < -0.3 is 4.90 Å². The van der Waals surface area contributed by atoms with Crippen LogP contribution >= 0.6 is 0 Å². The summed E-state index contributed by atoms with van der Waals surface area (Å²) in [7, 11) is -1.79. The lowest BCUT2D eigenvalue weighted by Crippen LogP contribution is -2.58. The summed E-state index contributed by atoms with van der Waals surface area (Å²) in [6.07, 6.45) is 0. The van der Waals surface area contributed by atoms with E-state index in [1.807, 2.05) is 6.07 Å². The predicted octanol–water partition coefficient (Wildman–Crippen LogP) is 6.38. The fourth-order valence-electron chi connectivity index (χ4n) is 4.68. The van der Waals surface area contributed by atoms with Crippen LogP contribution in [0.25, 0.3) is 16.0 Å². The maximum atomic E-state index is 9.57. The summed E-state index contributed by atoms with van der Waals surface area (Å²) in [4.78, 5) is 5.79. The Labute approximate surface area is 189 Å². The number of nitrogens with zero attached hydrogens (tertiary/aromatic N) is 3. The molecular formula is C28H21N3Si. The molecule has 1 heterocycles. The zero-order valence-electron chi connectivity index (χ0n) is 18.0. The minimum absolute atomic E-state index is 0.482. The summed E-state index contributed by atoms with van der Waals surface area (Å²) in [5, 5.41) is 12.4. The number of anilines is 3. The molecule has 0 N–H and O–H groups in total. The number of nitriles is 1. The quantitative estimate of drug-likeness (QED) is 0.274. The van der Waals surface area contributed by atoms with Crippen LogP contribution in [0.4, 0.5) is 22.7 Å². The van der Waals surface area contributed by atoms with Crippen LogP contribution in [0.5, 0.6) is 0 Å². The van der Waals surface area contributed by atoms with Crippen molar-refractivity contribution in [3.05, 3.63) is 108 Å². The van der Waals surface area contributed by atoms with Crippen LogP contribution in [0, 0.1) is 17.9 Å². The van der Waals surface area contributed by atoms with Crippen LogP contribution in [0.15, 0.2) is 91.0 Å². The molecule has 5 rings (SSSR count). The second-order valence-corrected chi connectivity index (χ2v) is 12.8. The highest BCUT2D eigenvalue weighted by Gasteiger charge is 2.38. The molecule has 3 nitrogen and oxygen atoms in total. The third-order valence-electron chi connectivity index (χ3n) is 6.33. The number of fused-ring (bicyclic) bond motifs is 2. The number of hydrogen-bond donors (Lipinski definition) is 0. The third-order valence-corrected chi connectivity index (χ3v) is 9.86. The molecule has 4 heteroatoms. The first kappa shape index (κ1) is 19.8. The molecule has 0 amide bonds. The molecule has 0 saturated carbocycles. The normalized spacial score (nSPS) is 13.4. The van der Waals surface area contributed by atoms with E-state index in [9.17, 15) is 5.26 Å². The highest BCUT2D eigenvalue weighted by Crippen LogP contribution is 2.39. The van der Waals surface area contributed by atoms with Crippen LogP contribution < -0.4 is 15.3 Å². The van der Waals surface area contributed by atoms with E-state index in [2.05, 4.69) is 102 Å². The fraction of sp³-hybridized carbons (Fsp3) is 0.0714. The lowest BCUT2D eigenvalue weighted by atomic mass is 9.99. The van der Waals surface area contributed by atoms with Crippen molar-refractivity contribution in [2.24, 2.45) is 0 Å². The first-order valence-electron chi connectivity index (χ1n) is 10.6.